The van der Waals surface area contributed by atoms with Crippen LogP contribution >= 0.6 is 11.3 Å². The van der Waals surface area contributed by atoms with Crippen molar-refractivity contribution in [3.05, 3.63) is 40.2 Å². The van der Waals surface area contributed by atoms with Crippen LogP contribution in [-0.2, 0) is 0 Å². The molecule has 5 heteroatoms. The fourth-order valence-corrected chi connectivity index (χ4v) is 2.02. The molecule has 0 saturated carbocycles. The molecule has 0 spiro atoms. The lowest BCUT2D eigenvalue weighted by Crippen LogP contribution is -2.12. The molecule has 0 bridgehead atoms. The van der Waals surface area contributed by atoms with E-state index < -0.39 is 0 Å². The molecule has 1 aromatic carbocycles. The molecule has 0 radical (unpaired) electrons. The number of aryl methyl sites for hydroxylation is 1. The van der Waals surface area contributed by atoms with Gasteiger partial charge < -0.3 is 10.9 Å². The highest BCUT2D eigenvalue weighted by atomic mass is 32.1. The largest absolute Gasteiger partial charge is 0.409 e. The molecule has 0 amide bonds. The summed E-state index contributed by atoms with van der Waals surface area (Å²) in [5, 5.41) is 13.9. The van der Waals surface area contributed by atoms with Crippen molar-refractivity contribution < 1.29 is 5.21 Å². The number of aromatic nitrogens is 1. The van der Waals surface area contributed by atoms with E-state index in [0.29, 0.717) is 5.01 Å². The SMILES string of the molecule is Cc1ccc(-c2csc(/C(N)=N/O)n2)cc1. The molecule has 0 aliphatic rings. The first kappa shape index (κ1) is 10.6. The Hall–Kier alpha value is -1.88. The minimum Gasteiger partial charge on any atom is -0.409 e. The third-order valence-corrected chi connectivity index (χ3v) is 3.04. The van der Waals surface area contributed by atoms with Crippen molar-refractivity contribution in [2.24, 2.45) is 10.9 Å². The van der Waals surface area contributed by atoms with E-state index in [1.807, 2.05) is 36.6 Å². The number of hydrogen-bond acceptors (Lipinski definition) is 4. The van der Waals surface area contributed by atoms with Crippen LogP contribution < -0.4 is 5.73 Å². The highest BCUT2D eigenvalue weighted by molar-refractivity contribution is 7.12. The Morgan fingerprint density at radius 2 is 2.06 bits per heavy atom. The van der Waals surface area contributed by atoms with Crippen LogP contribution in [0.4, 0.5) is 0 Å². The van der Waals surface area contributed by atoms with E-state index in [-0.39, 0.29) is 5.84 Å². The fourth-order valence-electron chi connectivity index (χ4n) is 1.29. The van der Waals surface area contributed by atoms with E-state index in [0.717, 1.165) is 11.3 Å². The van der Waals surface area contributed by atoms with E-state index in [1.165, 1.54) is 16.9 Å². The van der Waals surface area contributed by atoms with Gasteiger partial charge in [0.05, 0.1) is 5.69 Å². The molecule has 2 aromatic rings. The average Bonchev–Trinajstić information content (AvgIpc) is 2.78. The van der Waals surface area contributed by atoms with Crippen molar-refractivity contribution in [3.8, 4) is 11.3 Å². The summed E-state index contributed by atoms with van der Waals surface area (Å²) in [6.45, 7) is 2.03. The number of nitrogens with two attached hydrogens (primary N) is 1. The van der Waals surface area contributed by atoms with Crippen LogP contribution in [0.15, 0.2) is 34.8 Å². The second-order valence-corrected chi connectivity index (χ2v) is 4.25. The summed E-state index contributed by atoms with van der Waals surface area (Å²) in [4.78, 5) is 4.28. The minimum absolute atomic E-state index is 0.0448. The van der Waals surface area contributed by atoms with Gasteiger partial charge in [0, 0.05) is 10.9 Å². The normalized spacial score (nSPS) is 11.7. The number of hydrogen-bond donors (Lipinski definition) is 2. The molecule has 0 fully saturated rings. The lowest BCUT2D eigenvalue weighted by Gasteiger charge is -1.96. The van der Waals surface area contributed by atoms with Crippen LogP contribution in [0.25, 0.3) is 11.3 Å². The van der Waals surface area contributed by atoms with Crippen LogP contribution in [0.1, 0.15) is 10.6 Å². The first-order valence-corrected chi connectivity index (χ1v) is 5.59. The predicted molar refractivity (Wildman–Crippen MR) is 64.8 cm³/mol. The molecule has 0 saturated heterocycles. The Morgan fingerprint density at radius 3 is 2.69 bits per heavy atom. The zero-order valence-corrected chi connectivity index (χ0v) is 9.53. The summed E-state index contributed by atoms with van der Waals surface area (Å²) in [6, 6.07) is 8.05. The number of amidine groups is 1. The Balaban J connectivity index is 2.35. The van der Waals surface area contributed by atoms with Crippen LogP contribution in [0, 0.1) is 6.92 Å². The number of oxime groups is 1. The van der Waals surface area contributed by atoms with Crippen molar-refractivity contribution in [1.82, 2.24) is 4.98 Å². The van der Waals surface area contributed by atoms with Gasteiger partial charge in [0.2, 0.25) is 0 Å². The zero-order valence-electron chi connectivity index (χ0n) is 8.71. The van der Waals surface area contributed by atoms with Crippen LogP contribution in [0.2, 0.25) is 0 Å². The molecule has 4 nitrogen and oxygen atoms in total. The molecular formula is C11H11N3OS. The van der Waals surface area contributed by atoms with Crippen molar-refractivity contribution >= 4 is 17.2 Å². The van der Waals surface area contributed by atoms with Gasteiger partial charge in [-0.25, -0.2) is 4.98 Å². The molecule has 0 aliphatic heterocycles. The first-order chi connectivity index (χ1) is 7.70. The Morgan fingerprint density at radius 1 is 1.38 bits per heavy atom. The maximum Gasteiger partial charge on any atom is 0.199 e. The molecule has 0 unspecified atom stereocenters. The van der Waals surface area contributed by atoms with Gasteiger partial charge in [0.15, 0.2) is 10.8 Å². The van der Waals surface area contributed by atoms with Gasteiger partial charge in [0.25, 0.3) is 0 Å². The second-order valence-electron chi connectivity index (χ2n) is 3.39. The van der Waals surface area contributed by atoms with Crippen molar-refractivity contribution in [2.45, 2.75) is 6.92 Å². The smallest absolute Gasteiger partial charge is 0.199 e. The summed E-state index contributed by atoms with van der Waals surface area (Å²) >= 11 is 1.35. The van der Waals surface area contributed by atoms with E-state index in [2.05, 4.69) is 10.1 Å². The zero-order chi connectivity index (χ0) is 11.5. The molecule has 1 heterocycles. The first-order valence-electron chi connectivity index (χ1n) is 4.71. The van der Waals surface area contributed by atoms with Crippen molar-refractivity contribution in [2.75, 3.05) is 0 Å². The van der Waals surface area contributed by atoms with Crippen molar-refractivity contribution in [1.29, 1.82) is 0 Å². The Labute approximate surface area is 97.1 Å². The minimum atomic E-state index is 0.0448. The maximum absolute atomic E-state index is 8.53. The predicted octanol–water partition coefficient (Wildman–Crippen LogP) is 2.21. The third kappa shape index (κ3) is 2.04. The van der Waals surface area contributed by atoms with Crippen LogP contribution in [0.3, 0.4) is 0 Å². The number of rotatable bonds is 2. The summed E-state index contributed by atoms with van der Waals surface area (Å²) in [6.07, 6.45) is 0. The van der Waals surface area contributed by atoms with E-state index in [4.69, 9.17) is 10.9 Å². The van der Waals surface area contributed by atoms with E-state index >= 15 is 0 Å². The number of thiazole rings is 1. The molecule has 3 N–H and O–H groups in total. The number of nitrogens with zero attached hydrogens (tertiary/aromatic N) is 2. The maximum atomic E-state index is 8.53. The summed E-state index contributed by atoms with van der Waals surface area (Å²) in [5.41, 5.74) is 8.53. The molecule has 1 aromatic heterocycles. The average molecular weight is 233 g/mol. The number of benzene rings is 1. The molecular weight excluding hydrogens is 222 g/mol. The fraction of sp³-hybridized carbons (Fsp3) is 0.0909. The summed E-state index contributed by atoms with van der Waals surface area (Å²) in [5.74, 6) is 0.0448. The van der Waals surface area contributed by atoms with Gasteiger partial charge in [-0.15, -0.1) is 11.3 Å². The third-order valence-electron chi connectivity index (χ3n) is 2.18. The standard InChI is InChI=1S/C11H11N3OS/c1-7-2-4-8(5-3-7)9-6-16-11(13-9)10(12)14-15/h2-6,15H,1H3,(H2,12,14). The Bertz CT molecular complexity index is 516. The van der Waals surface area contributed by atoms with Gasteiger partial charge in [-0.2, -0.15) is 0 Å². The highest BCUT2D eigenvalue weighted by Gasteiger charge is 2.07. The molecule has 0 aliphatic carbocycles. The van der Waals surface area contributed by atoms with Gasteiger partial charge in [0.1, 0.15) is 0 Å². The summed E-state index contributed by atoms with van der Waals surface area (Å²) in [7, 11) is 0. The van der Waals surface area contributed by atoms with Gasteiger partial charge >= 0.3 is 0 Å². The topological polar surface area (TPSA) is 71.5 Å². The second kappa shape index (κ2) is 4.32. The van der Waals surface area contributed by atoms with Gasteiger partial charge in [-0.1, -0.05) is 35.0 Å². The molecule has 82 valence electrons. The molecule has 2 rings (SSSR count). The lowest BCUT2D eigenvalue weighted by molar-refractivity contribution is 0.318. The molecule has 0 atom stereocenters. The lowest BCUT2D eigenvalue weighted by atomic mass is 10.1. The Kier molecular flexibility index (Phi) is 2.87. The van der Waals surface area contributed by atoms with Crippen LogP contribution in [-0.4, -0.2) is 16.0 Å². The summed E-state index contributed by atoms with van der Waals surface area (Å²) < 4.78 is 0. The highest BCUT2D eigenvalue weighted by Crippen LogP contribution is 2.21. The monoisotopic (exact) mass is 233 g/mol. The van der Waals surface area contributed by atoms with Crippen LogP contribution in [0.5, 0.6) is 0 Å². The van der Waals surface area contributed by atoms with E-state index in [9.17, 15) is 0 Å². The van der Waals surface area contributed by atoms with Crippen molar-refractivity contribution in [3.63, 3.8) is 0 Å². The quantitative estimate of drug-likeness (QED) is 0.361. The molecule has 16 heavy (non-hydrogen) atoms. The van der Waals surface area contributed by atoms with Gasteiger partial charge in [-0.05, 0) is 6.92 Å². The van der Waals surface area contributed by atoms with Gasteiger partial charge in [-0.3, -0.25) is 0 Å². The van der Waals surface area contributed by atoms with E-state index in [1.54, 1.807) is 0 Å².